The fourth-order valence-electron chi connectivity index (χ4n) is 3.57. The van der Waals surface area contributed by atoms with Crippen LogP contribution in [-0.2, 0) is 4.74 Å². The number of nitrogens with two attached hydrogens (primary N) is 1. The summed E-state index contributed by atoms with van der Waals surface area (Å²) in [5.74, 6) is 1.95. The van der Waals surface area contributed by atoms with Crippen molar-refractivity contribution in [2.24, 2.45) is 17.6 Å². The molecule has 0 aromatic heterocycles. The largest absolute Gasteiger partial charge is 0.378 e. The lowest BCUT2D eigenvalue weighted by molar-refractivity contribution is 0.0792. The van der Waals surface area contributed by atoms with E-state index in [4.69, 9.17) is 10.5 Å². The van der Waals surface area contributed by atoms with Gasteiger partial charge in [0.15, 0.2) is 0 Å². The van der Waals surface area contributed by atoms with Crippen LogP contribution in [-0.4, -0.2) is 18.8 Å². The fraction of sp³-hybridized carbons (Fsp3) is 0.625. The van der Waals surface area contributed by atoms with Gasteiger partial charge in [0.05, 0.1) is 6.10 Å². The molecule has 1 saturated carbocycles. The summed E-state index contributed by atoms with van der Waals surface area (Å²) in [6.45, 7) is 3.11. The summed E-state index contributed by atoms with van der Waals surface area (Å²) in [5.41, 5.74) is 7.96. The number of hydrogen-bond acceptors (Lipinski definition) is 2. The van der Waals surface area contributed by atoms with Gasteiger partial charge in [0.2, 0.25) is 0 Å². The van der Waals surface area contributed by atoms with E-state index in [0.717, 1.165) is 19.4 Å². The minimum absolute atomic E-state index is 0.322. The third-order valence-electron chi connectivity index (χ3n) is 4.72. The Bertz CT molecular complexity index is 391. The molecule has 1 aromatic rings. The predicted molar refractivity (Wildman–Crippen MR) is 73.4 cm³/mol. The minimum Gasteiger partial charge on any atom is -0.378 e. The van der Waals surface area contributed by atoms with Crippen molar-refractivity contribution < 1.29 is 4.74 Å². The molecular formula is C16H23NO. The van der Waals surface area contributed by atoms with Crippen LogP contribution in [0.2, 0.25) is 0 Å². The average Bonchev–Trinajstić information content (AvgIpc) is 3.08. The maximum absolute atomic E-state index is 6.50. The smallest absolute Gasteiger partial charge is 0.0616 e. The first-order valence-corrected chi connectivity index (χ1v) is 7.23. The van der Waals surface area contributed by atoms with Gasteiger partial charge in [0.1, 0.15) is 0 Å². The Hall–Kier alpha value is -0.860. The van der Waals surface area contributed by atoms with Crippen LogP contribution in [0.25, 0.3) is 0 Å². The second-order valence-corrected chi connectivity index (χ2v) is 5.76. The van der Waals surface area contributed by atoms with E-state index >= 15 is 0 Å². The van der Waals surface area contributed by atoms with Gasteiger partial charge in [-0.1, -0.05) is 37.3 Å². The van der Waals surface area contributed by atoms with Crippen LogP contribution in [0, 0.1) is 11.8 Å². The van der Waals surface area contributed by atoms with Crippen molar-refractivity contribution in [1.29, 1.82) is 0 Å². The van der Waals surface area contributed by atoms with Gasteiger partial charge in [-0.3, -0.25) is 0 Å². The molecule has 2 heteroatoms. The van der Waals surface area contributed by atoms with Gasteiger partial charge in [0, 0.05) is 18.6 Å². The molecule has 1 saturated heterocycles. The lowest BCUT2D eigenvalue weighted by Crippen LogP contribution is -2.37. The average molecular weight is 245 g/mol. The molecule has 5 atom stereocenters. The van der Waals surface area contributed by atoms with Crippen LogP contribution in [0.3, 0.4) is 0 Å². The first-order valence-electron chi connectivity index (χ1n) is 7.23. The Kier molecular flexibility index (Phi) is 3.40. The zero-order valence-electron chi connectivity index (χ0n) is 11.1. The van der Waals surface area contributed by atoms with E-state index in [1.165, 1.54) is 12.0 Å². The Morgan fingerprint density at radius 2 is 2.06 bits per heavy atom. The van der Waals surface area contributed by atoms with Crippen LogP contribution < -0.4 is 5.73 Å². The van der Waals surface area contributed by atoms with Crippen LogP contribution in [0.1, 0.15) is 37.7 Å². The van der Waals surface area contributed by atoms with E-state index < -0.39 is 0 Å². The summed E-state index contributed by atoms with van der Waals surface area (Å²) in [6, 6.07) is 11.1. The molecule has 0 radical (unpaired) electrons. The van der Waals surface area contributed by atoms with Gasteiger partial charge in [-0.2, -0.15) is 0 Å². The van der Waals surface area contributed by atoms with Crippen molar-refractivity contribution in [3.63, 3.8) is 0 Å². The summed E-state index contributed by atoms with van der Waals surface area (Å²) in [4.78, 5) is 0. The van der Waals surface area contributed by atoms with Gasteiger partial charge >= 0.3 is 0 Å². The molecule has 1 aromatic carbocycles. The minimum atomic E-state index is 0.322. The van der Waals surface area contributed by atoms with E-state index in [-0.39, 0.29) is 0 Å². The molecule has 1 aliphatic heterocycles. The van der Waals surface area contributed by atoms with E-state index in [9.17, 15) is 0 Å². The summed E-state index contributed by atoms with van der Waals surface area (Å²) in [6.07, 6.45) is 3.91. The highest BCUT2D eigenvalue weighted by atomic mass is 16.5. The summed E-state index contributed by atoms with van der Waals surface area (Å²) in [7, 11) is 0. The second kappa shape index (κ2) is 5.02. The van der Waals surface area contributed by atoms with Gasteiger partial charge in [0.25, 0.3) is 0 Å². The molecular weight excluding hydrogens is 222 g/mol. The van der Waals surface area contributed by atoms with E-state index in [1.54, 1.807) is 0 Å². The van der Waals surface area contributed by atoms with E-state index in [0.29, 0.717) is 29.9 Å². The van der Waals surface area contributed by atoms with Crippen LogP contribution in [0.5, 0.6) is 0 Å². The van der Waals surface area contributed by atoms with Gasteiger partial charge in [-0.15, -0.1) is 0 Å². The Labute approximate surface area is 110 Å². The third-order valence-corrected chi connectivity index (χ3v) is 4.72. The predicted octanol–water partition coefficient (Wildman–Crippen LogP) is 2.93. The Morgan fingerprint density at radius 3 is 2.78 bits per heavy atom. The SMILES string of the molecule is CCC1OCCC1C(N)C1CC1c1ccccc1. The first-order chi connectivity index (χ1) is 8.81. The molecule has 1 heterocycles. The van der Waals surface area contributed by atoms with E-state index in [1.807, 2.05) is 0 Å². The van der Waals surface area contributed by atoms with Crippen molar-refractivity contribution in [3.8, 4) is 0 Å². The van der Waals surface area contributed by atoms with E-state index in [2.05, 4.69) is 37.3 Å². The van der Waals surface area contributed by atoms with Crippen molar-refractivity contribution in [3.05, 3.63) is 35.9 Å². The molecule has 2 nitrogen and oxygen atoms in total. The van der Waals surface area contributed by atoms with Crippen molar-refractivity contribution >= 4 is 0 Å². The maximum atomic E-state index is 6.50. The van der Waals surface area contributed by atoms with Gasteiger partial charge in [-0.05, 0) is 36.7 Å². The molecule has 2 N–H and O–H groups in total. The third kappa shape index (κ3) is 2.19. The summed E-state index contributed by atoms with van der Waals surface area (Å²) in [5, 5.41) is 0. The summed E-state index contributed by atoms with van der Waals surface area (Å²) >= 11 is 0. The highest BCUT2D eigenvalue weighted by molar-refractivity contribution is 5.26. The number of rotatable bonds is 4. The molecule has 18 heavy (non-hydrogen) atoms. The Balaban J connectivity index is 1.64. The highest BCUT2D eigenvalue weighted by Gasteiger charge is 2.47. The highest BCUT2D eigenvalue weighted by Crippen LogP contribution is 2.51. The fourth-order valence-corrected chi connectivity index (χ4v) is 3.57. The quantitative estimate of drug-likeness (QED) is 0.885. The molecule has 98 valence electrons. The summed E-state index contributed by atoms with van der Waals surface area (Å²) < 4.78 is 5.77. The standard InChI is InChI=1S/C16H23NO/c1-2-15-12(8-9-18-15)16(17)14-10-13(14)11-6-4-3-5-7-11/h3-7,12-16H,2,8-10,17H2,1H3. The van der Waals surface area contributed by atoms with Gasteiger partial charge in [-0.25, -0.2) is 0 Å². The van der Waals surface area contributed by atoms with Crippen LogP contribution in [0.4, 0.5) is 0 Å². The van der Waals surface area contributed by atoms with Crippen molar-refractivity contribution in [2.75, 3.05) is 6.61 Å². The Morgan fingerprint density at radius 1 is 1.28 bits per heavy atom. The van der Waals surface area contributed by atoms with Gasteiger partial charge < -0.3 is 10.5 Å². The first kappa shape index (κ1) is 12.2. The van der Waals surface area contributed by atoms with Crippen molar-refractivity contribution in [2.45, 2.75) is 44.2 Å². The molecule has 3 rings (SSSR count). The number of hydrogen-bond donors (Lipinski definition) is 1. The topological polar surface area (TPSA) is 35.2 Å². The zero-order valence-corrected chi connectivity index (χ0v) is 11.1. The zero-order chi connectivity index (χ0) is 12.5. The second-order valence-electron chi connectivity index (χ2n) is 5.76. The monoisotopic (exact) mass is 245 g/mol. The van der Waals surface area contributed by atoms with Crippen LogP contribution in [0.15, 0.2) is 30.3 Å². The number of ether oxygens (including phenoxy) is 1. The number of benzene rings is 1. The molecule has 0 amide bonds. The maximum Gasteiger partial charge on any atom is 0.0616 e. The molecule has 0 bridgehead atoms. The lowest BCUT2D eigenvalue weighted by Gasteiger charge is -2.24. The van der Waals surface area contributed by atoms with Crippen molar-refractivity contribution in [1.82, 2.24) is 0 Å². The van der Waals surface area contributed by atoms with Crippen LogP contribution >= 0.6 is 0 Å². The lowest BCUT2D eigenvalue weighted by atomic mass is 9.87. The molecule has 2 fully saturated rings. The molecule has 1 aliphatic carbocycles. The molecule has 5 unspecified atom stereocenters. The molecule has 2 aliphatic rings. The normalized spacial score (nSPS) is 36.6. The molecule has 0 spiro atoms.